The lowest BCUT2D eigenvalue weighted by Gasteiger charge is -2.34. The number of thiophene rings is 1. The lowest BCUT2D eigenvalue weighted by Crippen LogP contribution is -2.31. The Morgan fingerprint density at radius 1 is 1.50 bits per heavy atom. The summed E-state index contributed by atoms with van der Waals surface area (Å²) in [5.74, 6) is 0. The van der Waals surface area contributed by atoms with E-state index in [-0.39, 0.29) is 5.41 Å². The van der Waals surface area contributed by atoms with Crippen molar-refractivity contribution in [1.29, 1.82) is 5.26 Å². The molecule has 0 N–H and O–H groups in total. The summed E-state index contributed by atoms with van der Waals surface area (Å²) in [6, 6.07) is 4.60. The fourth-order valence-corrected chi connectivity index (χ4v) is 5.04. The molecule has 2 heterocycles. The van der Waals surface area contributed by atoms with Crippen molar-refractivity contribution in [2.24, 2.45) is 0 Å². The lowest BCUT2D eigenvalue weighted by molar-refractivity contribution is 0.328. The van der Waals surface area contributed by atoms with Gasteiger partial charge in [-0.25, -0.2) is 4.98 Å². The molecule has 2 nitrogen and oxygen atoms in total. The van der Waals surface area contributed by atoms with E-state index in [9.17, 15) is 5.26 Å². The summed E-state index contributed by atoms with van der Waals surface area (Å²) < 4.78 is 1.09. The topological polar surface area (TPSA) is 36.7 Å². The molecule has 1 aliphatic carbocycles. The molecule has 0 amide bonds. The second kappa shape index (κ2) is 4.44. The van der Waals surface area contributed by atoms with E-state index >= 15 is 0 Å². The summed E-state index contributed by atoms with van der Waals surface area (Å²) in [7, 11) is 0. The molecule has 0 spiro atoms. The van der Waals surface area contributed by atoms with Gasteiger partial charge in [0.05, 0.1) is 22.1 Å². The highest BCUT2D eigenvalue weighted by atomic mass is 79.9. The van der Waals surface area contributed by atoms with Crippen molar-refractivity contribution < 1.29 is 0 Å². The summed E-state index contributed by atoms with van der Waals surface area (Å²) in [6.45, 7) is 2.02. The van der Waals surface area contributed by atoms with Gasteiger partial charge >= 0.3 is 0 Å². The molecule has 1 aliphatic rings. The molecular weight excluding hydrogens is 328 g/mol. The number of halogens is 1. The van der Waals surface area contributed by atoms with Gasteiger partial charge in [0.2, 0.25) is 0 Å². The molecule has 92 valence electrons. The Kier molecular flexibility index (Phi) is 3.05. The molecule has 18 heavy (non-hydrogen) atoms. The molecule has 0 bridgehead atoms. The number of nitriles is 1. The minimum atomic E-state index is -0.242. The van der Waals surface area contributed by atoms with Crippen LogP contribution in [0.15, 0.2) is 15.9 Å². The Labute approximate surface area is 122 Å². The smallest absolute Gasteiger partial charge is 0.133 e. The van der Waals surface area contributed by atoms with Crippen LogP contribution in [0.5, 0.6) is 0 Å². The van der Waals surface area contributed by atoms with Crippen molar-refractivity contribution in [3.8, 4) is 16.0 Å². The summed E-state index contributed by atoms with van der Waals surface area (Å²) >= 11 is 6.84. The first-order chi connectivity index (χ1) is 8.64. The molecular formula is C13H11BrN2S2. The molecule has 0 unspecified atom stereocenters. The fourth-order valence-electron chi connectivity index (χ4n) is 2.29. The van der Waals surface area contributed by atoms with Crippen molar-refractivity contribution in [3.63, 3.8) is 0 Å². The van der Waals surface area contributed by atoms with Gasteiger partial charge in [0.1, 0.15) is 5.01 Å². The third-order valence-corrected chi connectivity index (χ3v) is 6.65. The third-order valence-electron chi connectivity index (χ3n) is 3.43. The van der Waals surface area contributed by atoms with Crippen LogP contribution in [0.3, 0.4) is 0 Å². The van der Waals surface area contributed by atoms with Crippen LogP contribution in [-0.2, 0) is 5.41 Å². The SMILES string of the molecule is Cc1nc(-c2cc(Br)cs2)sc1C1(C#N)CCC1. The molecule has 5 heteroatoms. The van der Waals surface area contributed by atoms with Crippen LogP contribution in [-0.4, -0.2) is 4.98 Å². The van der Waals surface area contributed by atoms with Crippen LogP contribution < -0.4 is 0 Å². The van der Waals surface area contributed by atoms with Crippen LogP contribution >= 0.6 is 38.6 Å². The van der Waals surface area contributed by atoms with Crippen molar-refractivity contribution >= 4 is 38.6 Å². The first kappa shape index (κ1) is 12.3. The Bertz CT molecular complexity index is 632. The minimum Gasteiger partial charge on any atom is -0.240 e. The largest absolute Gasteiger partial charge is 0.240 e. The van der Waals surface area contributed by atoms with Crippen LogP contribution in [0.2, 0.25) is 0 Å². The number of hydrogen-bond donors (Lipinski definition) is 0. The maximum absolute atomic E-state index is 9.42. The summed E-state index contributed by atoms with van der Waals surface area (Å²) in [5.41, 5.74) is 0.787. The number of nitrogens with zero attached hydrogens (tertiary/aromatic N) is 2. The van der Waals surface area contributed by atoms with Crippen molar-refractivity contribution in [2.75, 3.05) is 0 Å². The van der Waals surface area contributed by atoms with Gasteiger partial charge in [0.25, 0.3) is 0 Å². The molecule has 0 saturated heterocycles. The second-order valence-electron chi connectivity index (χ2n) is 4.61. The Hall–Kier alpha value is -0.700. The molecule has 2 aromatic heterocycles. The average molecular weight is 339 g/mol. The Balaban J connectivity index is 2.04. The highest BCUT2D eigenvalue weighted by Gasteiger charge is 2.42. The standard InChI is InChI=1S/C13H11BrN2S2/c1-8-11(13(7-15)3-2-4-13)18-12(16-8)10-5-9(14)6-17-10/h5-6H,2-4H2,1H3. The molecule has 0 radical (unpaired) electrons. The predicted octanol–water partition coefficient (Wildman–Crippen LogP) is 4.89. The van der Waals surface area contributed by atoms with Crippen LogP contribution in [0.1, 0.15) is 29.8 Å². The van der Waals surface area contributed by atoms with Crippen molar-refractivity contribution in [1.82, 2.24) is 4.98 Å². The maximum atomic E-state index is 9.42. The van der Waals surface area contributed by atoms with E-state index in [1.54, 1.807) is 22.7 Å². The van der Waals surface area contributed by atoms with E-state index in [4.69, 9.17) is 0 Å². The number of thiazole rings is 1. The van der Waals surface area contributed by atoms with Gasteiger partial charge in [0, 0.05) is 14.7 Å². The molecule has 2 aromatic rings. The van der Waals surface area contributed by atoms with Crippen molar-refractivity contribution in [3.05, 3.63) is 26.5 Å². The number of aromatic nitrogens is 1. The summed E-state index contributed by atoms with van der Waals surface area (Å²) in [4.78, 5) is 7.00. The van der Waals surface area contributed by atoms with E-state index < -0.39 is 0 Å². The van der Waals surface area contributed by atoms with E-state index in [0.717, 1.165) is 34.4 Å². The van der Waals surface area contributed by atoms with E-state index in [1.807, 2.05) is 6.92 Å². The van der Waals surface area contributed by atoms with E-state index in [1.165, 1.54) is 9.75 Å². The van der Waals surface area contributed by atoms with E-state index in [0.29, 0.717) is 0 Å². The molecule has 0 aromatic carbocycles. The van der Waals surface area contributed by atoms with Gasteiger partial charge < -0.3 is 0 Å². The third kappa shape index (κ3) is 1.83. The van der Waals surface area contributed by atoms with Crippen molar-refractivity contribution in [2.45, 2.75) is 31.6 Å². The molecule has 1 saturated carbocycles. The summed E-state index contributed by atoms with van der Waals surface area (Å²) in [6.07, 6.45) is 3.13. The van der Waals surface area contributed by atoms with Crippen LogP contribution in [0.25, 0.3) is 9.88 Å². The first-order valence-corrected chi connectivity index (χ1v) is 8.27. The maximum Gasteiger partial charge on any atom is 0.133 e. The highest BCUT2D eigenvalue weighted by molar-refractivity contribution is 9.10. The predicted molar refractivity (Wildman–Crippen MR) is 79.0 cm³/mol. The molecule has 1 fully saturated rings. The molecule has 3 rings (SSSR count). The van der Waals surface area contributed by atoms with Gasteiger partial charge in [-0.15, -0.1) is 22.7 Å². The monoisotopic (exact) mass is 338 g/mol. The van der Waals surface area contributed by atoms with Gasteiger partial charge in [-0.1, -0.05) is 0 Å². The molecule has 0 aliphatic heterocycles. The lowest BCUT2D eigenvalue weighted by atomic mass is 9.68. The Morgan fingerprint density at radius 3 is 2.78 bits per heavy atom. The summed E-state index contributed by atoms with van der Waals surface area (Å²) in [5, 5.41) is 12.5. The fraction of sp³-hybridized carbons (Fsp3) is 0.385. The first-order valence-electron chi connectivity index (χ1n) is 5.78. The van der Waals surface area contributed by atoms with Gasteiger partial charge in [0.15, 0.2) is 0 Å². The average Bonchev–Trinajstić information content (AvgIpc) is 2.86. The Morgan fingerprint density at radius 2 is 2.28 bits per heavy atom. The van der Waals surface area contributed by atoms with E-state index in [2.05, 4.69) is 38.4 Å². The number of rotatable bonds is 2. The zero-order chi connectivity index (χ0) is 12.8. The minimum absolute atomic E-state index is 0.242. The highest BCUT2D eigenvalue weighted by Crippen LogP contribution is 2.48. The zero-order valence-corrected chi connectivity index (χ0v) is 13.1. The quantitative estimate of drug-likeness (QED) is 0.781. The second-order valence-corrected chi connectivity index (χ2v) is 7.44. The number of hydrogen-bond acceptors (Lipinski definition) is 4. The number of aryl methyl sites for hydroxylation is 1. The van der Waals surface area contributed by atoms with Gasteiger partial charge in [-0.2, -0.15) is 5.26 Å². The zero-order valence-electron chi connectivity index (χ0n) is 9.86. The van der Waals surface area contributed by atoms with Gasteiger partial charge in [-0.05, 0) is 48.2 Å². The van der Waals surface area contributed by atoms with Gasteiger partial charge in [-0.3, -0.25) is 0 Å². The van der Waals surface area contributed by atoms with Crippen LogP contribution in [0, 0.1) is 18.3 Å². The van der Waals surface area contributed by atoms with Crippen LogP contribution in [0.4, 0.5) is 0 Å². The molecule has 0 atom stereocenters. The normalized spacial score (nSPS) is 17.2.